The number of nitrogens with one attached hydrogen (secondary N) is 1. The number of nitrogens with zero attached hydrogens (tertiary/aromatic N) is 2. The lowest BCUT2D eigenvalue weighted by atomic mass is 10.1. The molecule has 150 valence electrons. The monoisotopic (exact) mass is 401 g/mol. The van der Waals surface area contributed by atoms with Gasteiger partial charge >= 0.3 is 0 Å². The van der Waals surface area contributed by atoms with Gasteiger partial charge in [0.15, 0.2) is 5.16 Å². The van der Waals surface area contributed by atoms with Crippen molar-refractivity contribution in [1.82, 2.24) is 14.9 Å². The smallest absolute Gasteiger partial charge is 0.258 e. The van der Waals surface area contributed by atoms with Crippen LogP contribution in [0.5, 0.6) is 5.88 Å². The molecule has 1 aromatic carbocycles. The van der Waals surface area contributed by atoms with Gasteiger partial charge in [-0.2, -0.15) is 4.98 Å². The average Bonchev–Trinajstić information content (AvgIpc) is 3.20. The summed E-state index contributed by atoms with van der Waals surface area (Å²) < 4.78 is 1.64. The number of rotatable bonds is 7. The molecule has 1 heterocycles. The number of aromatic nitrogens is 2. The van der Waals surface area contributed by atoms with Crippen molar-refractivity contribution >= 4 is 17.7 Å². The maximum atomic E-state index is 12.4. The highest BCUT2D eigenvalue weighted by Crippen LogP contribution is 2.31. The van der Waals surface area contributed by atoms with Crippen LogP contribution in [-0.4, -0.2) is 26.3 Å². The SMILES string of the molecule is CCc1ccc(C(C)NC(=O)CSc2nc(O)cc(=O)n2C2CCCC2)cc1. The van der Waals surface area contributed by atoms with Crippen LogP contribution in [0.15, 0.2) is 40.3 Å². The van der Waals surface area contributed by atoms with E-state index >= 15 is 0 Å². The quantitative estimate of drug-likeness (QED) is 0.547. The molecule has 7 heteroatoms. The zero-order valence-corrected chi connectivity index (χ0v) is 17.2. The van der Waals surface area contributed by atoms with Crippen molar-refractivity contribution in [2.24, 2.45) is 0 Å². The fraction of sp³-hybridized carbons (Fsp3) is 0.476. The molecule has 1 atom stereocenters. The third kappa shape index (κ3) is 4.95. The fourth-order valence-corrected chi connectivity index (χ4v) is 4.48. The number of hydrogen-bond acceptors (Lipinski definition) is 5. The molecule has 0 saturated heterocycles. The lowest BCUT2D eigenvalue weighted by molar-refractivity contribution is -0.119. The number of thioether (sulfide) groups is 1. The Balaban J connectivity index is 1.64. The molecule has 3 rings (SSSR count). The van der Waals surface area contributed by atoms with E-state index in [2.05, 4.69) is 29.4 Å². The predicted molar refractivity (Wildman–Crippen MR) is 111 cm³/mol. The molecule has 1 aliphatic carbocycles. The molecule has 6 nitrogen and oxygen atoms in total. The van der Waals surface area contributed by atoms with Crippen molar-refractivity contribution in [3.63, 3.8) is 0 Å². The second kappa shape index (κ2) is 9.28. The summed E-state index contributed by atoms with van der Waals surface area (Å²) >= 11 is 1.19. The highest BCUT2D eigenvalue weighted by molar-refractivity contribution is 7.99. The number of carbonyl (C=O) groups is 1. The van der Waals surface area contributed by atoms with Crippen molar-refractivity contribution in [2.45, 2.75) is 63.2 Å². The molecule has 1 aliphatic rings. The Bertz CT molecular complexity index is 873. The summed E-state index contributed by atoms with van der Waals surface area (Å²) in [6.07, 6.45) is 5.00. The average molecular weight is 402 g/mol. The van der Waals surface area contributed by atoms with Crippen molar-refractivity contribution in [3.05, 3.63) is 51.8 Å². The van der Waals surface area contributed by atoms with Gasteiger partial charge in [-0.3, -0.25) is 14.2 Å². The van der Waals surface area contributed by atoms with E-state index in [1.807, 2.05) is 19.1 Å². The van der Waals surface area contributed by atoms with Gasteiger partial charge in [-0.25, -0.2) is 0 Å². The summed E-state index contributed by atoms with van der Waals surface area (Å²) in [6.45, 7) is 4.06. The van der Waals surface area contributed by atoms with E-state index in [4.69, 9.17) is 0 Å². The van der Waals surface area contributed by atoms with Crippen LogP contribution < -0.4 is 10.9 Å². The van der Waals surface area contributed by atoms with Gasteiger partial charge in [0, 0.05) is 6.04 Å². The number of hydrogen-bond donors (Lipinski definition) is 2. The van der Waals surface area contributed by atoms with Crippen molar-refractivity contribution in [1.29, 1.82) is 0 Å². The zero-order valence-electron chi connectivity index (χ0n) is 16.4. The normalized spacial score (nSPS) is 15.5. The molecule has 0 spiro atoms. The van der Waals surface area contributed by atoms with Crippen molar-refractivity contribution < 1.29 is 9.90 Å². The highest BCUT2D eigenvalue weighted by atomic mass is 32.2. The van der Waals surface area contributed by atoms with E-state index in [-0.39, 0.29) is 35.2 Å². The topological polar surface area (TPSA) is 84.2 Å². The number of amides is 1. The van der Waals surface area contributed by atoms with Gasteiger partial charge in [0.25, 0.3) is 5.56 Å². The third-order valence-electron chi connectivity index (χ3n) is 5.19. The maximum absolute atomic E-state index is 12.4. The number of aryl methyl sites for hydroxylation is 1. The first-order valence-corrected chi connectivity index (χ1v) is 10.8. The molecule has 28 heavy (non-hydrogen) atoms. The highest BCUT2D eigenvalue weighted by Gasteiger charge is 2.22. The van der Waals surface area contributed by atoms with Gasteiger partial charge in [-0.1, -0.05) is 55.8 Å². The predicted octanol–water partition coefficient (Wildman–Crippen LogP) is 3.60. The van der Waals surface area contributed by atoms with Gasteiger partial charge in [0.1, 0.15) is 0 Å². The maximum Gasteiger partial charge on any atom is 0.258 e. The molecular formula is C21H27N3O3S. The van der Waals surface area contributed by atoms with E-state index in [0.717, 1.165) is 43.7 Å². The first-order valence-electron chi connectivity index (χ1n) is 9.81. The van der Waals surface area contributed by atoms with E-state index in [0.29, 0.717) is 5.16 Å². The van der Waals surface area contributed by atoms with Crippen LogP contribution in [0.2, 0.25) is 0 Å². The summed E-state index contributed by atoms with van der Waals surface area (Å²) in [4.78, 5) is 28.9. The minimum absolute atomic E-state index is 0.0992. The summed E-state index contributed by atoms with van der Waals surface area (Å²) in [5.41, 5.74) is 2.05. The second-order valence-electron chi connectivity index (χ2n) is 7.22. The zero-order chi connectivity index (χ0) is 20.1. The van der Waals surface area contributed by atoms with Crippen LogP contribution in [0, 0.1) is 0 Å². The molecule has 0 aliphatic heterocycles. The number of aromatic hydroxyl groups is 1. The molecule has 1 saturated carbocycles. The molecule has 2 aromatic rings. The molecule has 1 unspecified atom stereocenters. The van der Waals surface area contributed by atoms with E-state index in [1.54, 1.807) is 4.57 Å². The Morgan fingerprint density at radius 1 is 1.32 bits per heavy atom. The Morgan fingerprint density at radius 3 is 2.64 bits per heavy atom. The molecule has 0 radical (unpaired) electrons. The Labute approximate surface area is 169 Å². The largest absolute Gasteiger partial charge is 0.493 e. The Kier molecular flexibility index (Phi) is 6.78. The minimum atomic E-state index is -0.300. The second-order valence-corrected chi connectivity index (χ2v) is 8.16. The van der Waals surface area contributed by atoms with Crippen molar-refractivity contribution in [2.75, 3.05) is 5.75 Å². The van der Waals surface area contributed by atoms with Crippen LogP contribution in [0.1, 0.15) is 62.7 Å². The van der Waals surface area contributed by atoms with Crippen LogP contribution in [-0.2, 0) is 11.2 Å². The summed E-state index contributed by atoms with van der Waals surface area (Å²) in [5, 5.41) is 13.1. The fourth-order valence-electron chi connectivity index (χ4n) is 3.60. The molecule has 2 N–H and O–H groups in total. The first kappa shape index (κ1) is 20.5. The van der Waals surface area contributed by atoms with Gasteiger partial charge < -0.3 is 10.4 Å². The van der Waals surface area contributed by atoms with Crippen LogP contribution in [0.4, 0.5) is 0 Å². The number of benzene rings is 1. The van der Waals surface area contributed by atoms with Crippen LogP contribution >= 0.6 is 11.8 Å². The Morgan fingerprint density at radius 2 is 2.00 bits per heavy atom. The van der Waals surface area contributed by atoms with Crippen molar-refractivity contribution in [3.8, 4) is 5.88 Å². The van der Waals surface area contributed by atoms with E-state index < -0.39 is 0 Å². The lowest BCUT2D eigenvalue weighted by Gasteiger charge is -2.18. The van der Waals surface area contributed by atoms with Gasteiger partial charge in [0.2, 0.25) is 11.8 Å². The summed E-state index contributed by atoms with van der Waals surface area (Å²) in [6, 6.07) is 9.35. The molecule has 0 bridgehead atoms. The Hall–Kier alpha value is -2.28. The van der Waals surface area contributed by atoms with Crippen LogP contribution in [0.3, 0.4) is 0 Å². The van der Waals surface area contributed by atoms with E-state index in [1.165, 1.54) is 17.3 Å². The van der Waals surface area contributed by atoms with Crippen LogP contribution in [0.25, 0.3) is 0 Å². The summed E-state index contributed by atoms with van der Waals surface area (Å²) in [7, 11) is 0. The van der Waals surface area contributed by atoms with Gasteiger partial charge in [-0.15, -0.1) is 0 Å². The lowest BCUT2D eigenvalue weighted by Crippen LogP contribution is -2.29. The third-order valence-corrected chi connectivity index (χ3v) is 6.15. The molecule has 1 fully saturated rings. The standard InChI is InChI=1S/C21H27N3O3S/c1-3-15-8-10-16(11-9-15)14(2)22-19(26)13-28-21-23-18(25)12-20(27)24(21)17-6-4-5-7-17/h8-12,14,17,25H,3-7,13H2,1-2H3,(H,22,26). The minimum Gasteiger partial charge on any atom is -0.493 e. The molecular weight excluding hydrogens is 374 g/mol. The van der Waals surface area contributed by atoms with Gasteiger partial charge in [0.05, 0.1) is 17.9 Å². The summed E-state index contributed by atoms with van der Waals surface area (Å²) in [5.74, 6) is -0.292. The molecule has 1 aromatic heterocycles. The van der Waals surface area contributed by atoms with Gasteiger partial charge in [-0.05, 0) is 37.3 Å². The first-order chi connectivity index (χ1) is 13.5. The molecule has 1 amide bonds. The van der Waals surface area contributed by atoms with E-state index in [9.17, 15) is 14.7 Å². The number of carbonyl (C=O) groups excluding carboxylic acids is 1.